The van der Waals surface area contributed by atoms with E-state index in [4.69, 9.17) is 4.74 Å². The van der Waals surface area contributed by atoms with Crippen LogP contribution >= 0.6 is 0 Å². The molecule has 3 rings (SSSR count). The maximum absolute atomic E-state index is 14.2. The van der Waals surface area contributed by atoms with Crippen molar-refractivity contribution < 1.29 is 17.5 Å². The Hall–Kier alpha value is -1.77. The second-order valence-corrected chi connectivity index (χ2v) is 9.63. The van der Waals surface area contributed by atoms with Crippen LogP contribution in [-0.4, -0.2) is 54.4 Å². The molecule has 0 aliphatic carbocycles. The minimum absolute atomic E-state index is 0.00757. The molecule has 1 fully saturated rings. The Morgan fingerprint density at radius 2 is 2.11 bits per heavy atom. The van der Waals surface area contributed by atoms with E-state index in [2.05, 4.69) is 9.88 Å². The second kappa shape index (κ2) is 8.08. The Labute approximate surface area is 159 Å². The van der Waals surface area contributed by atoms with E-state index in [1.165, 1.54) is 6.07 Å². The van der Waals surface area contributed by atoms with Crippen molar-refractivity contribution in [3.8, 4) is 0 Å². The van der Waals surface area contributed by atoms with E-state index in [1.807, 2.05) is 7.05 Å². The minimum atomic E-state index is -3.59. The number of sulfone groups is 1. The van der Waals surface area contributed by atoms with E-state index in [1.54, 1.807) is 42.8 Å². The Bertz CT molecular complexity index is 889. The molecule has 1 unspecified atom stereocenters. The van der Waals surface area contributed by atoms with E-state index >= 15 is 0 Å². The van der Waals surface area contributed by atoms with E-state index in [9.17, 15) is 12.8 Å². The van der Waals surface area contributed by atoms with Gasteiger partial charge >= 0.3 is 0 Å². The number of aromatic nitrogens is 2. The van der Waals surface area contributed by atoms with Crippen molar-refractivity contribution in [3.05, 3.63) is 47.5 Å². The fraction of sp³-hybridized carbons (Fsp3) is 0.526. The number of hydrogen-bond acceptors (Lipinski definition) is 5. The van der Waals surface area contributed by atoms with Crippen LogP contribution in [0.1, 0.15) is 31.5 Å². The molecule has 1 aliphatic heterocycles. The van der Waals surface area contributed by atoms with Gasteiger partial charge in [0.1, 0.15) is 5.82 Å². The third kappa shape index (κ3) is 4.23. The van der Waals surface area contributed by atoms with Gasteiger partial charge in [0.15, 0.2) is 0 Å². The Morgan fingerprint density at radius 1 is 1.37 bits per heavy atom. The molecule has 2 aromatic rings. The van der Waals surface area contributed by atoms with E-state index in [-0.39, 0.29) is 23.6 Å². The maximum atomic E-state index is 14.2. The lowest BCUT2D eigenvalue weighted by atomic mass is 10.2. The van der Waals surface area contributed by atoms with Crippen molar-refractivity contribution in [1.29, 1.82) is 0 Å². The van der Waals surface area contributed by atoms with Crippen molar-refractivity contribution in [3.63, 3.8) is 0 Å². The number of ether oxygens (including phenoxy) is 1. The fourth-order valence-electron chi connectivity index (χ4n) is 3.18. The van der Waals surface area contributed by atoms with Crippen LogP contribution in [0, 0.1) is 5.82 Å². The molecule has 1 aromatic heterocycles. The largest absolute Gasteiger partial charge is 0.380 e. The number of halogens is 1. The van der Waals surface area contributed by atoms with Crippen LogP contribution < -0.4 is 0 Å². The zero-order valence-electron chi connectivity index (χ0n) is 15.9. The van der Waals surface area contributed by atoms with Gasteiger partial charge in [0.2, 0.25) is 15.0 Å². The van der Waals surface area contributed by atoms with Gasteiger partial charge in [0.25, 0.3) is 0 Å². The van der Waals surface area contributed by atoms with Crippen molar-refractivity contribution in [2.45, 2.75) is 49.8 Å². The van der Waals surface area contributed by atoms with Gasteiger partial charge < -0.3 is 9.30 Å². The molecule has 27 heavy (non-hydrogen) atoms. The van der Waals surface area contributed by atoms with Crippen molar-refractivity contribution in [2.24, 2.45) is 0 Å². The molecule has 2 heterocycles. The van der Waals surface area contributed by atoms with Gasteiger partial charge in [-0.15, -0.1) is 0 Å². The smallest absolute Gasteiger partial charge is 0.228 e. The first-order valence-corrected chi connectivity index (χ1v) is 10.6. The van der Waals surface area contributed by atoms with Crippen LogP contribution in [-0.2, 0) is 27.7 Å². The molecule has 1 aliphatic rings. The lowest BCUT2D eigenvalue weighted by Gasteiger charge is -2.23. The number of likely N-dealkylation sites (N-methyl/N-ethyl adjacent to an activating group) is 1. The summed E-state index contributed by atoms with van der Waals surface area (Å²) in [4.78, 5) is 6.34. The molecule has 0 bridgehead atoms. The van der Waals surface area contributed by atoms with Crippen molar-refractivity contribution >= 4 is 9.84 Å². The lowest BCUT2D eigenvalue weighted by Crippen LogP contribution is -2.32. The number of nitrogens with zero attached hydrogens (tertiary/aromatic N) is 3. The van der Waals surface area contributed by atoms with Gasteiger partial charge in [-0.25, -0.2) is 17.8 Å². The van der Waals surface area contributed by atoms with Gasteiger partial charge in [-0.2, -0.15) is 0 Å². The Morgan fingerprint density at radius 3 is 2.74 bits per heavy atom. The monoisotopic (exact) mass is 395 g/mol. The molecule has 0 amide bonds. The highest BCUT2D eigenvalue weighted by molar-refractivity contribution is 7.91. The second-order valence-electron chi connectivity index (χ2n) is 7.24. The van der Waals surface area contributed by atoms with Crippen LogP contribution in [0.25, 0.3) is 0 Å². The van der Waals surface area contributed by atoms with Gasteiger partial charge in [-0.05, 0) is 33.4 Å². The normalized spacial score (nSPS) is 17.9. The molecule has 6 nitrogen and oxygen atoms in total. The number of benzene rings is 1. The third-order valence-corrected chi connectivity index (χ3v) is 7.08. The quantitative estimate of drug-likeness (QED) is 0.721. The topological polar surface area (TPSA) is 64.4 Å². The zero-order chi connectivity index (χ0) is 19.6. The number of hydrogen-bond donors (Lipinski definition) is 0. The van der Waals surface area contributed by atoms with E-state index in [0.717, 1.165) is 18.7 Å². The summed E-state index contributed by atoms with van der Waals surface area (Å²) >= 11 is 0. The highest BCUT2D eigenvalue weighted by Crippen LogP contribution is 2.22. The van der Waals surface area contributed by atoms with E-state index < -0.39 is 15.1 Å². The summed E-state index contributed by atoms with van der Waals surface area (Å²) in [6.45, 7) is 5.28. The first-order valence-electron chi connectivity index (χ1n) is 9.10. The molecular weight excluding hydrogens is 369 g/mol. The first kappa shape index (κ1) is 20.0. The Kier molecular flexibility index (Phi) is 5.98. The summed E-state index contributed by atoms with van der Waals surface area (Å²) in [5.41, 5.74) is 1.18. The summed E-state index contributed by atoms with van der Waals surface area (Å²) in [6.07, 6.45) is 2.53. The molecule has 1 saturated heterocycles. The summed E-state index contributed by atoms with van der Waals surface area (Å²) in [5.74, 6) is -0.359. The molecule has 0 spiro atoms. The molecule has 0 saturated carbocycles. The van der Waals surface area contributed by atoms with Gasteiger partial charge in [-0.1, -0.05) is 18.2 Å². The van der Waals surface area contributed by atoms with Crippen LogP contribution in [0.15, 0.2) is 35.6 Å². The van der Waals surface area contributed by atoms with Gasteiger partial charge in [0.05, 0.1) is 30.3 Å². The highest BCUT2D eigenvalue weighted by Gasteiger charge is 2.28. The van der Waals surface area contributed by atoms with Crippen LogP contribution in [0.2, 0.25) is 0 Å². The predicted octanol–water partition coefficient (Wildman–Crippen LogP) is 2.47. The Balaban J connectivity index is 1.98. The SMILES string of the molecule is CC(C)S(=O)(=O)c1ncc(CN(C)C2CCOC2)n1Cc1ccccc1F. The zero-order valence-corrected chi connectivity index (χ0v) is 16.7. The van der Waals surface area contributed by atoms with Crippen molar-refractivity contribution in [1.82, 2.24) is 14.5 Å². The molecule has 1 aromatic carbocycles. The molecule has 0 N–H and O–H groups in total. The molecule has 0 radical (unpaired) electrons. The van der Waals surface area contributed by atoms with E-state index in [0.29, 0.717) is 18.7 Å². The fourth-order valence-corrected chi connectivity index (χ4v) is 4.29. The average Bonchev–Trinajstić information content (AvgIpc) is 3.27. The third-order valence-electron chi connectivity index (χ3n) is 5.00. The summed E-state index contributed by atoms with van der Waals surface area (Å²) < 4.78 is 46.8. The van der Waals surface area contributed by atoms with Crippen LogP contribution in [0.5, 0.6) is 0 Å². The maximum Gasteiger partial charge on any atom is 0.228 e. The average molecular weight is 396 g/mol. The number of imidazole rings is 1. The minimum Gasteiger partial charge on any atom is -0.380 e. The summed E-state index contributed by atoms with van der Waals surface area (Å²) in [7, 11) is -1.61. The molecule has 148 valence electrons. The molecule has 8 heteroatoms. The summed E-state index contributed by atoms with van der Waals surface area (Å²) in [5, 5.41) is -0.611. The molecule has 1 atom stereocenters. The van der Waals surface area contributed by atoms with Crippen LogP contribution in [0.4, 0.5) is 4.39 Å². The standard InChI is InChI=1S/C19H26FN3O3S/c1-14(2)27(24,25)19-21-10-17(12-22(3)16-8-9-26-13-16)23(19)11-15-6-4-5-7-18(15)20/h4-7,10,14,16H,8-9,11-13H2,1-3H3. The summed E-state index contributed by atoms with van der Waals surface area (Å²) in [6, 6.07) is 6.69. The number of rotatable bonds is 7. The van der Waals surface area contributed by atoms with Crippen molar-refractivity contribution in [2.75, 3.05) is 20.3 Å². The predicted molar refractivity (Wildman–Crippen MR) is 101 cm³/mol. The highest BCUT2D eigenvalue weighted by atomic mass is 32.2. The van der Waals surface area contributed by atoms with Gasteiger partial charge in [-0.3, -0.25) is 4.90 Å². The van der Waals surface area contributed by atoms with Gasteiger partial charge in [0, 0.05) is 24.8 Å². The first-order chi connectivity index (χ1) is 12.8. The molecular formula is C19H26FN3O3S. The van der Waals surface area contributed by atoms with Crippen LogP contribution in [0.3, 0.4) is 0 Å². The lowest BCUT2D eigenvalue weighted by molar-refractivity contribution is 0.155.